The van der Waals surface area contributed by atoms with E-state index in [0.29, 0.717) is 0 Å². The van der Waals surface area contributed by atoms with Gasteiger partial charge in [-0.2, -0.15) is 0 Å². The van der Waals surface area contributed by atoms with Crippen LogP contribution in [0.1, 0.15) is 0 Å². The molecule has 0 amide bonds. The van der Waals surface area contributed by atoms with Crippen LogP contribution in [-0.2, 0) is 0 Å². The summed E-state index contributed by atoms with van der Waals surface area (Å²) in [5.74, 6) is 0. The van der Waals surface area contributed by atoms with Crippen molar-refractivity contribution in [2.75, 3.05) is 4.90 Å². The van der Waals surface area contributed by atoms with Gasteiger partial charge in [0.05, 0.1) is 5.69 Å². The molecule has 3 heteroatoms. The Kier molecular flexibility index (Phi) is 7.39. The van der Waals surface area contributed by atoms with E-state index in [1.54, 1.807) is 0 Å². The molecule has 0 bridgehead atoms. The van der Waals surface area contributed by atoms with Crippen molar-refractivity contribution in [2.24, 2.45) is 0 Å². The second-order valence-electron chi connectivity index (χ2n) is 14.1. The van der Waals surface area contributed by atoms with Crippen molar-refractivity contribution in [3.8, 4) is 33.4 Å². The summed E-state index contributed by atoms with van der Waals surface area (Å²) >= 11 is 1.86. The average molecular weight is 720 g/mol. The maximum Gasteiger partial charge on any atom is 0.136 e. The van der Waals surface area contributed by atoms with Gasteiger partial charge >= 0.3 is 0 Å². The zero-order chi connectivity index (χ0) is 36.3. The van der Waals surface area contributed by atoms with Gasteiger partial charge in [0.1, 0.15) is 11.2 Å². The molecule has 0 aliphatic rings. The molecule has 0 spiro atoms. The molecule has 0 unspecified atom stereocenters. The lowest BCUT2D eigenvalue weighted by Crippen LogP contribution is -2.11. The largest absolute Gasteiger partial charge is 0.456 e. The van der Waals surface area contributed by atoms with Gasteiger partial charge in [0.15, 0.2) is 0 Å². The van der Waals surface area contributed by atoms with Gasteiger partial charge in [0.2, 0.25) is 0 Å². The summed E-state index contributed by atoms with van der Waals surface area (Å²) in [5.41, 5.74) is 12.1. The van der Waals surface area contributed by atoms with Crippen molar-refractivity contribution in [1.82, 2.24) is 0 Å². The summed E-state index contributed by atoms with van der Waals surface area (Å²) < 4.78 is 8.94. The molecule has 0 saturated carbocycles. The molecule has 0 N–H and O–H groups in total. The van der Waals surface area contributed by atoms with Crippen molar-refractivity contribution in [3.63, 3.8) is 0 Å². The van der Waals surface area contributed by atoms with E-state index in [2.05, 4.69) is 193 Å². The summed E-state index contributed by atoms with van der Waals surface area (Å²) in [7, 11) is 0. The number of para-hydroxylation sites is 2. The predicted octanol–water partition coefficient (Wildman–Crippen LogP) is 15.6. The molecule has 2 nitrogen and oxygen atoms in total. The van der Waals surface area contributed by atoms with Gasteiger partial charge in [0, 0.05) is 47.9 Å². The molecule has 0 aliphatic heterocycles. The summed E-state index contributed by atoms with van der Waals surface area (Å²) in [6.45, 7) is 0. The zero-order valence-electron chi connectivity index (χ0n) is 29.8. The van der Waals surface area contributed by atoms with Gasteiger partial charge in [-0.1, -0.05) is 133 Å². The van der Waals surface area contributed by atoms with Crippen LogP contribution in [0, 0.1) is 0 Å². The van der Waals surface area contributed by atoms with Crippen molar-refractivity contribution in [1.29, 1.82) is 0 Å². The topological polar surface area (TPSA) is 16.4 Å². The fourth-order valence-corrected chi connectivity index (χ4v) is 9.34. The minimum Gasteiger partial charge on any atom is -0.456 e. The highest BCUT2D eigenvalue weighted by molar-refractivity contribution is 7.25. The molecule has 2 aromatic heterocycles. The first-order chi connectivity index (χ1) is 27.2. The van der Waals surface area contributed by atoms with Crippen LogP contribution in [-0.4, -0.2) is 0 Å². The second kappa shape index (κ2) is 12.9. The van der Waals surface area contributed by atoms with E-state index in [4.69, 9.17) is 4.42 Å². The first kappa shape index (κ1) is 31.6. The third-order valence-electron chi connectivity index (χ3n) is 10.8. The summed E-state index contributed by atoms with van der Waals surface area (Å²) in [4.78, 5) is 2.42. The lowest BCUT2D eigenvalue weighted by molar-refractivity contribution is 0.669. The maximum absolute atomic E-state index is 6.32. The Labute approximate surface area is 322 Å². The highest BCUT2D eigenvalue weighted by atomic mass is 32.1. The Balaban J connectivity index is 1.11. The lowest BCUT2D eigenvalue weighted by Gasteiger charge is -2.29. The summed E-state index contributed by atoms with van der Waals surface area (Å²) in [5, 5.41) is 7.33. The zero-order valence-corrected chi connectivity index (χ0v) is 30.6. The van der Waals surface area contributed by atoms with Gasteiger partial charge in [-0.25, -0.2) is 0 Å². The number of benzene rings is 9. The van der Waals surface area contributed by atoms with Crippen molar-refractivity contribution >= 4 is 81.3 Å². The predicted molar refractivity (Wildman–Crippen MR) is 235 cm³/mol. The molecule has 0 atom stereocenters. The molecule has 0 radical (unpaired) electrons. The Bertz CT molecular complexity index is 3240. The van der Waals surface area contributed by atoms with E-state index < -0.39 is 0 Å². The molecule has 11 rings (SSSR count). The monoisotopic (exact) mass is 719 g/mol. The highest BCUT2D eigenvalue weighted by Crippen LogP contribution is 2.45. The fourth-order valence-electron chi connectivity index (χ4n) is 8.25. The molecule has 258 valence electrons. The SMILES string of the molecule is c1cc(-c2ccc3sc4ccccc4c3c2)cc(N(c2cccc(-c3cccc4oc5ccccc5c34)c2)c2ccccc2-c2ccc3ccccc3c2)c1. The van der Waals surface area contributed by atoms with Gasteiger partial charge in [-0.3, -0.25) is 0 Å². The van der Waals surface area contributed by atoms with Crippen LogP contribution in [0.2, 0.25) is 0 Å². The molecular weight excluding hydrogens is 687 g/mol. The van der Waals surface area contributed by atoms with Crippen LogP contribution in [0.4, 0.5) is 17.1 Å². The average Bonchev–Trinajstić information content (AvgIpc) is 3.82. The number of thiophene rings is 1. The second-order valence-corrected chi connectivity index (χ2v) is 15.2. The third kappa shape index (κ3) is 5.40. The Hall–Kier alpha value is -6.94. The standard InChI is InChI=1S/C52H33NOS/c1-2-13-35-30-39(27-26-34(35)12-1)42-18-3-6-22-47(42)53(40-16-9-14-36(31-40)37-28-29-51-46(33-37)44-19-5-8-25-50(44)55-51)41-17-10-15-38(32-41)43-21-11-24-49-52(43)45-20-4-7-23-48(45)54-49/h1-33H. The van der Waals surface area contributed by atoms with E-state index >= 15 is 0 Å². The molecule has 0 fully saturated rings. The lowest BCUT2D eigenvalue weighted by atomic mass is 9.96. The van der Waals surface area contributed by atoms with E-state index in [1.165, 1.54) is 47.6 Å². The van der Waals surface area contributed by atoms with Gasteiger partial charge < -0.3 is 9.32 Å². The van der Waals surface area contributed by atoms with Crippen LogP contribution >= 0.6 is 11.3 Å². The van der Waals surface area contributed by atoms with E-state index in [0.717, 1.165) is 55.7 Å². The number of hydrogen-bond donors (Lipinski definition) is 0. The van der Waals surface area contributed by atoms with Gasteiger partial charge in [-0.15, -0.1) is 11.3 Å². The molecule has 2 heterocycles. The van der Waals surface area contributed by atoms with Crippen molar-refractivity contribution < 1.29 is 4.42 Å². The van der Waals surface area contributed by atoms with Crippen molar-refractivity contribution in [2.45, 2.75) is 0 Å². The Morgan fingerprint density at radius 3 is 1.89 bits per heavy atom. The first-order valence-electron chi connectivity index (χ1n) is 18.7. The van der Waals surface area contributed by atoms with Crippen LogP contribution in [0.5, 0.6) is 0 Å². The summed E-state index contributed by atoms with van der Waals surface area (Å²) in [6, 6.07) is 72.4. The smallest absolute Gasteiger partial charge is 0.136 e. The molecular formula is C52H33NOS. The number of fused-ring (bicyclic) bond motifs is 7. The van der Waals surface area contributed by atoms with Crippen LogP contribution in [0.15, 0.2) is 205 Å². The minimum absolute atomic E-state index is 0.894. The van der Waals surface area contributed by atoms with Crippen LogP contribution in [0.25, 0.3) is 86.3 Å². The number of furan rings is 1. The number of anilines is 3. The van der Waals surface area contributed by atoms with Gasteiger partial charge in [-0.05, 0) is 105 Å². The number of nitrogens with zero attached hydrogens (tertiary/aromatic N) is 1. The Morgan fingerprint density at radius 2 is 0.982 bits per heavy atom. The van der Waals surface area contributed by atoms with Crippen molar-refractivity contribution in [3.05, 3.63) is 200 Å². The van der Waals surface area contributed by atoms with E-state index in [9.17, 15) is 0 Å². The first-order valence-corrected chi connectivity index (χ1v) is 19.5. The summed E-state index contributed by atoms with van der Waals surface area (Å²) in [6.07, 6.45) is 0. The third-order valence-corrected chi connectivity index (χ3v) is 12.0. The minimum atomic E-state index is 0.894. The van der Waals surface area contributed by atoms with Gasteiger partial charge in [0.25, 0.3) is 0 Å². The fraction of sp³-hybridized carbons (Fsp3) is 0. The molecule has 55 heavy (non-hydrogen) atoms. The molecule has 0 aliphatic carbocycles. The van der Waals surface area contributed by atoms with Crippen LogP contribution in [0.3, 0.4) is 0 Å². The Morgan fingerprint density at radius 1 is 0.364 bits per heavy atom. The normalized spacial score (nSPS) is 11.6. The number of rotatable bonds is 6. The quantitative estimate of drug-likeness (QED) is 0.170. The van der Waals surface area contributed by atoms with Crippen LogP contribution < -0.4 is 4.90 Å². The maximum atomic E-state index is 6.32. The molecule has 0 saturated heterocycles. The van der Waals surface area contributed by atoms with E-state index in [1.807, 2.05) is 23.5 Å². The molecule has 9 aromatic carbocycles. The van der Waals surface area contributed by atoms with E-state index in [-0.39, 0.29) is 0 Å². The highest BCUT2D eigenvalue weighted by Gasteiger charge is 2.20. The molecule has 11 aromatic rings. The number of hydrogen-bond acceptors (Lipinski definition) is 3.